The molecule has 33 heavy (non-hydrogen) atoms. The van der Waals surface area contributed by atoms with Crippen LogP contribution in [0.2, 0.25) is 0 Å². The number of aliphatic hydroxyl groups is 1. The summed E-state index contributed by atoms with van der Waals surface area (Å²) in [6.07, 6.45) is 4.76. The summed E-state index contributed by atoms with van der Waals surface area (Å²) in [7, 11) is 0. The minimum absolute atomic E-state index is 0.0810. The predicted molar refractivity (Wildman–Crippen MR) is 124 cm³/mol. The first-order valence-corrected chi connectivity index (χ1v) is 10.9. The molecule has 2 aliphatic heterocycles. The Morgan fingerprint density at radius 2 is 2.27 bits per heavy atom. The molecule has 1 aromatic carbocycles. The average molecular weight is 446 g/mol. The van der Waals surface area contributed by atoms with Crippen molar-refractivity contribution in [2.75, 3.05) is 25.0 Å². The van der Waals surface area contributed by atoms with Crippen molar-refractivity contribution in [1.82, 2.24) is 9.88 Å². The van der Waals surface area contributed by atoms with Gasteiger partial charge in [0.05, 0.1) is 17.2 Å². The Morgan fingerprint density at radius 1 is 1.45 bits per heavy atom. The molecular weight excluding hydrogens is 418 g/mol. The molecule has 3 N–H and O–H groups in total. The SMILES string of the molecule is Cc1cc(N/C=C(\C=N)CN2CC[C@@H](O)[C@H](c3ccc4c(c3C)COC4=O)C2)ncc1C#N. The summed E-state index contributed by atoms with van der Waals surface area (Å²) in [4.78, 5) is 18.3. The van der Waals surface area contributed by atoms with Crippen LogP contribution in [0.25, 0.3) is 0 Å². The fourth-order valence-corrected chi connectivity index (χ4v) is 4.54. The first kappa shape index (κ1) is 22.6. The molecule has 8 nitrogen and oxygen atoms in total. The Balaban J connectivity index is 1.47. The predicted octanol–water partition coefficient (Wildman–Crippen LogP) is 3.04. The number of anilines is 1. The van der Waals surface area contributed by atoms with E-state index in [9.17, 15) is 9.90 Å². The highest BCUT2D eigenvalue weighted by molar-refractivity contribution is 5.94. The van der Waals surface area contributed by atoms with E-state index in [1.165, 1.54) is 12.4 Å². The van der Waals surface area contributed by atoms with Gasteiger partial charge in [-0.15, -0.1) is 0 Å². The molecule has 0 saturated carbocycles. The number of pyridine rings is 1. The first-order chi connectivity index (χ1) is 15.9. The van der Waals surface area contributed by atoms with Crippen LogP contribution in [-0.4, -0.2) is 52.9 Å². The summed E-state index contributed by atoms with van der Waals surface area (Å²) in [5, 5.41) is 30.7. The van der Waals surface area contributed by atoms with Gasteiger partial charge >= 0.3 is 5.97 Å². The Labute approximate surface area is 193 Å². The van der Waals surface area contributed by atoms with Crippen LogP contribution in [0.5, 0.6) is 0 Å². The number of cyclic esters (lactones) is 1. The van der Waals surface area contributed by atoms with Gasteiger partial charge in [0.15, 0.2) is 0 Å². The van der Waals surface area contributed by atoms with Crippen molar-refractivity contribution < 1.29 is 14.6 Å². The van der Waals surface area contributed by atoms with Gasteiger partial charge in [0, 0.05) is 49.7 Å². The van der Waals surface area contributed by atoms with E-state index in [1.54, 1.807) is 18.3 Å². The number of aryl methyl sites for hydroxylation is 1. The van der Waals surface area contributed by atoms with Crippen LogP contribution in [0.4, 0.5) is 5.82 Å². The largest absolute Gasteiger partial charge is 0.457 e. The van der Waals surface area contributed by atoms with Gasteiger partial charge < -0.3 is 20.6 Å². The summed E-state index contributed by atoms with van der Waals surface area (Å²) in [5.41, 5.74) is 5.73. The van der Waals surface area contributed by atoms with Crippen molar-refractivity contribution in [2.45, 2.75) is 38.9 Å². The Hall–Kier alpha value is -3.54. The zero-order valence-electron chi connectivity index (χ0n) is 18.8. The number of likely N-dealkylation sites (tertiary alicyclic amines) is 1. The lowest BCUT2D eigenvalue weighted by Crippen LogP contribution is -2.43. The fraction of sp³-hybridized carbons (Fsp3) is 0.360. The number of carbonyl (C=O) groups excluding carboxylic acids is 1. The summed E-state index contributed by atoms with van der Waals surface area (Å²) in [5.74, 6) is 0.247. The fourth-order valence-electron chi connectivity index (χ4n) is 4.54. The van der Waals surface area contributed by atoms with Gasteiger partial charge in [0.1, 0.15) is 18.5 Å². The number of piperidine rings is 1. The average Bonchev–Trinajstić information content (AvgIpc) is 3.20. The lowest BCUT2D eigenvalue weighted by atomic mass is 9.83. The number of hydrogen-bond acceptors (Lipinski definition) is 8. The van der Waals surface area contributed by atoms with Crippen molar-refractivity contribution >= 4 is 18.0 Å². The molecule has 1 fully saturated rings. The number of aromatic nitrogens is 1. The number of benzene rings is 1. The minimum Gasteiger partial charge on any atom is -0.457 e. The highest BCUT2D eigenvalue weighted by atomic mass is 16.5. The molecule has 0 radical (unpaired) electrons. The van der Waals surface area contributed by atoms with Crippen molar-refractivity contribution in [2.24, 2.45) is 0 Å². The van der Waals surface area contributed by atoms with Crippen LogP contribution in [0.15, 0.2) is 36.2 Å². The number of esters is 1. The standard InChI is InChI=1S/C25H27N5O3/c1-15-7-24(29-11-18(15)9-27)28-10-17(8-26)12-30-6-5-23(31)21(13-30)19-3-4-20-22(16(19)2)14-33-25(20)32/h3-4,7-8,10-11,21,23,26,31H,5-6,12-14H2,1-2H3,(H,28,29)/b17-10+,26-8?/t21-,23+/m0/s1. The van der Waals surface area contributed by atoms with Gasteiger partial charge in [0.25, 0.3) is 0 Å². The van der Waals surface area contributed by atoms with E-state index in [4.69, 9.17) is 15.4 Å². The zero-order valence-corrected chi connectivity index (χ0v) is 18.8. The summed E-state index contributed by atoms with van der Waals surface area (Å²) >= 11 is 0. The quantitative estimate of drug-likeness (QED) is 0.461. The smallest absolute Gasteiger partial charge is 0.338 e. The van der Waals surface area contributed by atoms with E-state index in [0.717, 1.165) is 34.4 Å². The maximum atomic E-state index is 11.9. The van der Waals surface area contributed by atoms with Gasteiger partial charge in [-0.25, -0.2) is 9.78 Å². The molecule has 2 aliphatic rings. The van der Waals surface area contributed by atoms with Gasteiger partial charge in [0.2, 0.25) is 0 Å². The lowest BCUT2D eigenvalue weighted by molar-refractivity contribution is 0.0534. The van der Waals surface area contributed by atoms with Gasteiger partial charge in [-0.2, -0.15) is 5.26 Å². The van der Waals surface area contributed by atoms with Crippen molar-refractivity contribution in [3.05, 3.63) is 69.5 Å². The first-order valence-electron chi connectivity index (χ1n) is 10.9. The van der Waals surface area contributed by atoms with Crippen LogP contribution < -0.4 is 5.32 Å². The summed E-state index contributed by atoms with van der Waals surface area (Å²) in [6.45, 7) is 6.06. The van der Waals surface area contributed by atoms with E-state index in [0.29, 0.717) is 36.5 Å². The zero-order chi connectivity index (χ0) is 23.5. The monoisotopic (exact) mass is 445 g/mol. The van der Waals surface area contributed by atoms with Crippen LogP contribution in [0, 0.1) is 30.6 Å². The van der Waals surface area contributed by atoms with Crippen LogP contribution >= 0.6 is 0 Å². The Morgan fingerprint density at radius 3 is 3.00 bits per heavy atom. The Bertz CT molecular complexity index is 1170. The highest BCUT2D eigenvalue weighted by Gasteiger charge is 2.32. The molecular formula is C25H27N5O3. The molecule has 3 heterocycles. The lowest BCUT2D eigenvalue weighted by Gasteiger charge is -2.37. The van der Waals surface area contributed by atoms with Crippen LogP contribution in [0.3, 0.4) is 0 Å². The molecule has 0 unspecified atom stereocenters. The maximum absolute atomic E-state index is 11.9. The molecule has 0 bridgehead atoms. The third-order valence-corrected chi connectivity index (χ3v) is 6.50. The third kappa shape index (κ3) is 4.65. The van der Waals surface area contributed by atoms with E-state index in [1.807, 2.05) is 19.9 Å². The number of rotatable bonds is 6. The Kier molecular flexibility index (Phi) is 6.54. The number of aliphatic hydroxyl groups excluding tert-OH is 1. The number of nitrogens with one attached hydrogen (secondary N) is 2. The topological polar surface area (TPSA) is 122 Å². The van der Waals surface area contributed by atoms with E-state index in [2.05, 4.69) is 21.3 Å². The van der Waals surface area contributed by atoms with Crippen molar-refractivity contribution in [3.8, 4) is 6.07 Å². The second-order valence-corrected chi connectivity index (χ2v) is 8.58. The number of hydrogen-bond donors (Lipinski definition) is 3. The molecule has 170 valence electrons. The number of ether oxygens (including phenoxy) is 1. The summed E-state index contributed by atoms with van der Waals surface area (Å²) in [6, 6.07) is 7.64. The van der Waals surface area contributed by atoms with Gasteiger partial charge in [-0.05, 0) is 54.7 Å². The van der Waals surface area contributed by atoms with E-state index in [-0.39, 0.29) is 18.5 Å². The van der Waals surface area contributed by atoms with Crippen LogP contribution in [0.1, 0.15) is 50.5 Å². The molecule has 1 aromatic heterocycles. The van der Waals surface area contributed by atoms with Gasteiger partial charge in [-0.1, -0.05) is 6.07 Å². The third-order valence-electron chi connectivity index (χ3n) is 6.50. The molecule has 8 heteroatoms. The number of nitriles is 1. The molecule has 0 amide bonds. The second-order valence-electron chi connectivity index (χ2n) is 8.58. The molecule has 0 aliphatic carbocycles. The van der Waals surface area contributed by atoms with Crippen LogP contribution in [-0.2, 0) is 11.3 Å². The second kappa shape index (κ2) is 9.53. The molecule has 0 spiro atoms. The van der Waals surface area contributed by atoms with E-state index < -0.39 is 6.10 Å². The molecule has 2 aromatic rings. The number of fused-ring (bicyclic) bond motifs is 1. The van der Waals surface area contributed by atoms with Crippen molar-refractivity contribution in [3.63, 3.8) is 0 Å². The minimum atomic E-state index is -0.465. The number of carbonyl (C=O) groups is 1. The van der Waals surface area contributed by atoms with E-state index >= 15 is 0 Å². The molecule has 1 saturated heterocycles. The normalized spacial score (nSPS) is 20.7. The summed E-state index contributed by atoms with van der Waals surface area (Å²) < 4.78 is 5.17. The maximum Gasteiger partial charge on any atom is 0.338 e. The number of nitrogens with zero attached hydrogens (tertiary/aromatic N) is 3. The molecule has 2 atom stereocenters. The van der Waals surface area contributed by atoms with Gasteiger partial charge in [-0.3, -0.25) is 4.90 Å². The molecule has 4 rings (SSSR count). The highest BCUT2D eigenvalue weighted by Crippen LogP contribution is 2.34. The van der Waals surface area contributed by atoms with Crippen molar-refractivity contribution in [1.29, 1.82) is 10.7 Å².